The van der Waals surface area contributed by atoms with Gasteiger partial charge in [0.15, 0.2) is 0 Å². The number of benzene rings is 2. The third kappa shape index (κ3) is 5.29. The van der Waals surface area contributed by atoms with Crippen molar-refractivity contribution in [3.05, 3.63) is 59.7 Å². The van der Waals surface area contributed by atoms with E-state index in [9.17, 15) is 14.4 Å². The molecule has 8 nitrogen and oxygen atoms in total. The molecule has 180 valence electrons. The van der Waals surface area contributed by atoms with Crippen molar-refractivity contribution in [2.45, 2.75) is 26.3 Å². The molecular formula is C26H31N3O5. The third-order valence-electron chi connectivity index (χ3n) is 6.19. The molecule has 0 saturated carbocycles. The zero-order valence-corrected chi connectivity index (χ0v) is 19.7. The smallest absolute Gasteiger partial charge is 0.257 e. The van der Waals surface area contributed by atoms with Crippen LogP contribution in [0.25, 0.3) is 0 Å². The lowest BCUT2D eigenvalue weighted by molar-refractivity contribution is -0.122. The minimum atomic E-state index is -0.840. The highest BCUT2D eigenvalue weighted by Crippen LogP contribution is 2.28. The molecule has 1 atom stereocenters. The molecule has 0 spiro atoms. The molecule has 2 heterocycles. The van der Waals surface area contributed by atoms with Crippen LogP contribution in [0.4, 0.5) is 5.69 Å². The molecule has 0 aliphatic carbocycles. The lowest BCUT2D eigenvalue weighted by Crippen LogP contribution is -2.49. The fourth-order valence-electron chi connectivity index (χ4n) is 4.41. The van der Waals surface area contributed by atoms with Gasteiger partial charge in [-0.3, -0.25) is 19.3 Å². The van der Waals surface area contributed by atoms with E-state index in [1.807, 2.05) is 32.0 Å². The number of rotatable bonds is 8. The summed E-state index contributed by atoms with van der Waals surface area (Å²) in [5.41, 5.74) is 1.96. The van der Waals surface area contributed by atoms with Gasteiger partial charge in [0.25, 0.3) is 11.8 Å². The predicted octanol–water partition coefficient (Wildman–Crippen LogP) is 2.50. The first-order valence-corrected chi connectivity index (χ1v) is 11.8. The maximum atomic E-state index is 13.6. The average molecular weight is 466 g/mol. The molecule has 2 aromatic rings. The van der Waals surface area contributed by atoms with Gasteiger partial charge in [-0.05, 0) is 50.2 Å². The number of ether oxygens (including phenoxy) is 2. The lowest BCUT2D eigenvalue weighted by atomic mass is 10.1. The lowest BCUT2D eigenvalue weighted by Gasteiger charge is -2.32. The van der Waals surface area contributed by atoms with Crippen LogP contribution in [-0.4, -0.2) is 79.6 Å². The number of aryl methyl sites for hydroxylation is 1. The Labute approximate surface area is 200 Å². The number of carbonyl (C=O) groups is 3. The monoisotopic (exact) mass is 465 g/mol. The summed E-state index contributed by atoms with van der Waals surface area (Å²) < 4.78 is 10.9. The maximum absolute atomic E-state index is 13.6. The van der Waals surface area contributed by atoms with E-state index in [0.29, 0.717) is 49.9 Å². The van der Waals surface area contributed by atoms with Crippen molar-refractivity contribution in [3.63, 3.8) is 0 Å². The summed E-state index contributed by atoms with van der Waals surface area (Å²) in [7, 11) is 0. The molecule has 2 saturated heterocycles. The van der Waals surface area contributed by atoms with Crippen LogP contribution in [-0.2, 0) is 14.3 Å². The van der Waals surface area contributed by atoms with Gasteiger partial charge in [-0.15, -0.1) is 0 Å². The molecular weight excluding hydrogens is 434 g/mol. The molecule has 2 aromatic carbocycles. The van der Waals surface area contributed by atoms with Crippen molar-refractivity contribution in [3.8, 4) is 5.75 Å². The number of hydrogen-bond acceptors (Lipinski definition) is 6. The van der Waals surface area contributed by atoms with Crippen LogP contribution in [0, 0.1) is 6.92 Å². The number of nitrogens with zero attached hydrogens (tertiary/aromatic N) is 3. The molecule has 2 aliphatic heterocycles. The van der Waals surface area contributed by atoms with E-state index in [-0.39, 0.29) is 24.1 Å². The highest BCUT2D eigenvalue weighted by atomic mass is 16.5. The summed E-state index contributed by atoms with van der Waals surface area (Å²) in [5, 5.41) is 0. The Kier molecular flexibility index (Phi) is 7.59. The molecule has 34 heavy (non-hydrogen) atoms. The van der Waals surface area contributed by atoms with Gasteiger partial charge in [0.05, 0.1) is 31.9 Å². The summed E-state index contributed by atoms with van der Waals surface area (Å²) in [5.74, 6) is -0.259. The van der Waals surface area contributed by atoms with Crippen LogP contribution in [0.3, 0.4) is 0 Å². The van der Waals surface area contributed by atoms with Gasteiger partial charge >= 0.3 is 0 Å². The van der Waals surface area contributed by atoms with Gasteiger partial charge in [0.1, 0.15) is 11.8 Å². The highest BCUT2D eigenvalue weighted by Gasteiger charge is 2.44. The Morgan fingerprint density at radius 3 is 2.53 bits per heavy atom. The van der Waals surface area contributed by atoms with Crippen molar-refractivity contribution in [1.29, 1.82) is 0 Å². The highest BCUT2D eigenvalue weighted by molar-refractivity contribution is 6.23. The Bertz CT molecular complexity index is 1030. The number of hydrogen-bond donors (Lipinski definition) is 0. The molecule has 1 unspecified atom stereocenters. The quantitative estimate of drug-likeness (QED) is 0.558. The summed E-state index contributed by atoms with van der Waals surface area (Å²) in [6.45, 7) is 8.17. The predicted molar refractivity (Wildman–Crippen MR) is 128 cm³/mol. The first-order valence-electron chi connectivity index (χ1n) is 11.8. The number of amides is 3. The third-order valence-corrected chi connectivity index (χ3v) is 6.19. The van der Waals surface area contributed by atoms with Crippen molar-refractivity contribution in [1.82, 2.24) is 9.80 Å². The molecule has 3 amide bonds. The minimum absolute atomic E-state index is 0.0350. The van der Waals surface area contributed by atoms with Gasteiger partial charge in [0.2, 0.25) is 5.91 Å². The largest absolute Gasteiger partial charge is 0.494 e. The van der Waals surface area contributed by atoms with Crippen LogP contribution in [0.1, 0.15) is 29.3 Å². The molecule has 0 radical (unpaired) electrons. The van der Waals surface area contributed by atoms with Crippen LogP contribution in [0.15, 0.2) is 48.5 Å². The second-order valence-electron chi connectivity index (χ2n) is 8.54. The zero-order valence-electron chi connectivity index (χ0n) is 19.7. The van der Waals surface area contributed by atoms with E-state index < -0.39 is 6.04 Å². The Morgan fingerprint density at radius 2 is 1.85 bits per heavy atom. The molecule has 2 aliphatic rings. The first-order chi connectivity index (χ1) is 16.5. The SMILES string of the molecule is CCOc1ccc(N2C(=O)CC(N(CCN3CCOCC3)C(=O)c3cccc(C)c3)C2=O)cc1. The van der Waals surface area contributed by atoms with Crippen molar-refractivity contribution in [2.24, 2.45) is 0 Å². The fourth-order valence-corrected chi connectivity index (χ4v) is 4.41. The summed E-state index contributed by atoms with van der Waals surface area (Å²) >= 11 is 0. The summed E-state index contributed by atoms with van der Waals surface area (Å²) in [6, 6.07) is 13.4. The van der Waals surface area contributed by atoms with Gasteiger partial charge in [-0.25, -0.2) is 4.90 Å². The summed E-state index contributed by atoms with van der Waals surface area (Å²) in [4.78, 5) is 44.9. The fraction of sp³-hybridized carbons (Fsp3) is 0.423. The molecule has 2 fully saturated rings. The van der Waals surface area contributed by atoms with E-state index in [0.717, 1.165) is 18.7 Å². The number of morpholine rings is 1. The van der Waals surface area contributed by atoms with E-state index in [2.05, 4.69) is 4.90 Å². The Hall–Kier alpha value is -3.23. The van der Waals surface area contributed by atoms with Gasteiger partial charge in [-0.1, -0.05) is 17.7 Å². The molecule has 0 bridgehead atoms. The first kappa shape index (κ1) is 23.9. The zero-order chi connectivity index (χ0) is 24.1. The summed E-state index contributed by atoms with van der Waals surface area (Å²) in [6.07, 6.45) is -0.0350. The number of carbonyl (C=O) groups excluding carboxylic acids is 3. The Morgan fingerprint density at radius 1 is 1.12 bits per heavy atom. The van der Waals surface area contributed by atoms with Crippen molar-refractivity contribution in [2.75, 3.05) is 50.9 Å². The number of anilines is 1. The standard InChI is InChI=1S/C26H31N3O5/c1-3-34-22-9-7-21(8-10-22)29-24(30)18-23(26(29)32)28(12-11-27-13-15-33-16-14-27)25(31)20-6-4-5-19(2)17-20/h4-10,17,23H,3,11-16,18H2,1-2H3. The van der Waals surface area contributed by atoms with E-state index in [4.69, 9.17) is 9.47 Å². The van der Waals surface area contributed by atoms with Gasteiger partial charge < -0.3 is 14.4 Å². The topological polar surface area (TPSA) is 79.4 Å². The normalized spacial score (nSPS) is 18.9. The van der Waals surface area contributed by atoms with Crippen molar-refractivity contribution >= 4 is 23.4 Å². The second kappa shape index (κ2) is 10.8. The van der Waals surface area contributed by atoms with E-state index in [1.54, 1.807) is 35.2 Å². The molecule has 8 heteroatoms. The van der Waals surface area contributed by atoms with Gasteiger partial charge in [-0.2, -0.15) is 0 Å². The number of imide groups is 1. The van der Waals surface area contributed by atoms with Crippen molar-refractivity contribution < 1.29 is 23.9 Å². The van der Waals surface area contributed by atoms with E-state index in [1.165, 1.54) is 4.90 Å². The van der Waals surface area contributed by atoms with Crippen LogP contribution >= 0.6 is 0 Å². The maximum Gasteiger partial charge on any atom is 0.257 e. The van der Waals surface area contributed by atoms with Gasteiger partial charge in [0, 0.05) is 31.7 Å². The van der Waals surface area contributed by atoms with Crippen LogP contribution in [0.5, 0.6) is 5.75 Å². The Balaban J connectivity index is 1.57. The minimum Gasteiger partial charge on any atom is -0.494 e. The molecule has 0 aromatic heterocycles. The molecule has 4 rings (SSSR count). The van der Waals surface area contributed by atoms with Crippen LogP contribution < -0.4 is 9.64 Å². The molecule has 0 N–H and O–H groups in total. The second-order valence-corrected chi connectivity index (χ2v) is 8.54. The van der Waals surface area contributed by atoms with Crippen LogP contribution in [0.2, 0.25) is 0 Å². The average Bonchev–Trinajstić information content (AvgIpc) is 3.14. The van der Waals surface area contributed by atoms with E-state index >= 15 is 0 Å².